The summed E-state index contributed by atoms with van der Waals surface area (Å²) in [7, 11) is 0. The van der Waals surface area contributed by atoms with Crippen LogP contribution in [0.4, 0.5) is 5.82 Å². The predicted molar refractivity (Wildman–Crippen MR) is 56.6 cm³/mol. The summed E-state index contributed by atoms with van der Waals surface area (Å²) in [5.41, 5.74) is 6.30. The molecule has 0 atom stereocenters. The van der Waals surface area contributed by atoms with E-state index in [1.807, 2.05) is 18.2 Å². The maximum absolute atomic E-state index is 5.67. The fraction of sp³-hybridized carbons (Fsp3) is 0.364. The van der Waals surface area contributed by atoms with Crippen molar-refractivity contribution in [1.29, 1.82) is 0 Å². The first-order chi connectivity index (χ1) is 7.34. The van der Waals surface area contributed by atoms with E-state index >= 15 is 0 Å². The Balaban J connectivity index is 1.94. The fourth-order valence-electron chi connectivity index (χ4n) is 1.56. The number of aromatic nitrogens is 1. The normalized spacial score (nSPS) is 15.7. The lowest BCUT2D eigenvalue weighted by atomic mass is 10.2. The molecular weight excluding hydrogens is 192 g/mol. The zero-order chi connectivity index (χ0) is 10.3. The summed E-state index contributed by atoms with van der Waals surface area (Å²) in [5.74, 6) is 1.88. The highest BCUT2D eigenvalue weighted by molar-refractivity contribution is 5.90. The van der Waals surface area contributed by atoms with Gasteiger partial charge in [0.15, 0.2) is 11.6 Å². The van der Waals surface area contributed by atoms with Gasteiger partial charge in [-0.2, -0.15) is 0 Å². The predicted octanol–water partition coefficient (Wildman–Crippen LogP) is 2.20. The van der Waals surface area contributed by atoms with Gasteiger partial charge in [0.25, 0.3) is 0 Å². The second-order valence-corrected chi connectivity index (χ2v) is 3.96. The lowest BCUT2D eigenvalue weighted by Gasteiger charge is -2.03. The fourth-order valence-corrected chi connectivity index (χ4v) is 1.56. The summed E-state index contributed by atoms with van der Waals surface area (Å²) >= 11 is 0. The highest BCUT2D eigenvalue weighted by Gasteiger charge is 2.22. The van der Waals surface area contributed by atoms with Gasteiger partial charge in [0.1, 0.15) is 0 Å². The van der Waals surface area contributed by atoms with Crippen LogP contribution in [0.25, 0.3) is 11.0 Å². The van der Waals surface area contributed by atoms with Gasteiger partial charge in [0.2, 0.25) is 5.58 Å². The molecule has 2 N–H and O–H groups in total. The Hall–Kier alpha value is -1.71. The van der Waals surface area contributed by atoms with Crippen molar-refractivity contribution < 1.29 is 9.26 Å². The van der Waals surface area contributed by atoms with Crippen molar-refractivity contribution in [3.05, 3.63) is 18.2 Å². The van der Waals surface area contributed by atoms with Gasteiger partial charge in [0.05, 0.1) is 12.0 Å². The minimum absolute atomic E-state index is 0.418. The highest BCUT2D eigenvalue weighted by Crippen LogP contribution is 2.33. The van der Waals surface area contributed by atoms with Crippen LogP contribution in [-0.4, -0.2) is 11.8 Å². The van der Waals surface area contributed by atoms with Crippen molar-refractivity contribution in [2.24, 2.45) is 5.92 Å². The van der Waals surface area contributed by atoms with E-state index in [2.05, 4.69) is 5.16 Å². The van der Waals surface area contributed by atoms with Crippen LogP contribution >= 0.6 is 0 Å². The van der Waals surface area contributed by atoms with Gasteiger partial charge in [-0.05, 0) is 30.9 Å². The van der Waals surface area contributed by atoms with E-state index in [1.54, 1.807) is 0 Å². The van der Waals surface area contributed by atoms with Gasteiger partial charge >= 0.3 is 0 Å². The molecule has 78 valence electrons. The number of hydrogen-bond donors (Lipinski definition) is 1. The topological polar surface area (TPSA) is 61.3 Å². The summed E-state index contributed by atoms with van der Waals surface area (Å²) in [6.45, 7) is 0.764. The molecule has 1 heterocycles. The van der Waals surface area contributed by atoms with E-state index in [0.29, 0.717) is 11.4 Å². The van der Waals surface area contributed by atoms with Gasteiger partial charge < -0.3 is 15.0 Å². The molecular formula is C11H12N2O2. The standard InChI is InChI=1S/C11H12N2O2/c12-11-8-2-1-3-9(10(8)15-13-11)14-6-7-4-5-7/h1-3,7H,4-6H2,(H2,12,13). The molecule has 0 saturated heterocycles. The van der Waals surface area contributed by atoms with Gasteiger partial charge in [-0.3, -0.25) is 0 Å². The van der Waals surface area contributed by atoms with E-state index in [9.17, 15) is 0 Å². The summed E-state index contributed by atoms with van der Waals surface area (Å²) in [6.07, 6.45) is 2.54. The number of nitrogen functional groups attached to an aromatic ring is 1. The van der Waals surface area contributed by atoms with Crippen molar-refractivity contribution in [1.82, 2.24) is 5.16 Å². The Morgan fingerprint density at radius 3 is 3.13 bits per heavy atom. The van der Waals surface area contributed by atoms with E-state index in [-0.39, 0.29) is 0 Å². The molecule has 1 aromatic heterocycles. The molecule has 1 saturated carbocycles. The lowest BCUT2D eigenvalue weighted by Crippen LogP contribution is -1.98. The molecule has 0 spiro atoms. The molecule has 2 aromatic rings. The van der Waals surface area contributed by atoms with E-state index < -0.39 is 0 Å². The molecule has 0 bridgehead atoms. The molecule has 4 nitrogen and oxygen atoms in total. The Morgan fingerprint density at radius 1 is 1.47 bits per heavy atom. The molecule has 3 rings (SSSR count). The average Bonchev–Trinajstić information content (AvgIpc) is 3.01. The molecule has 0 amide bonds. The number of ether oxygens (including phenoxy) is 1. The quantitative estimate of drug-likeness (QED) is 0.832. The first kappa shape index (κ1) is 8.59. The molecule has 1 aliphatic rings. The van der Waals surface area contributed by atoms with Crippen molar-refractivity contribution in [3.63, 3.8) is 0 Å². The van der Waals surface area contributed by atoms with Crippen LogP contribution in [0, 0.1) is 5.92 Å². The Bertz CT molecular complexity index is 488. The van der Waals surface area contributed by atoms with Gasteiger partial charge in [0, 0.05) is 0 Å². The zero-order valence-corrected chi connectivity index (χ0v) is 8.27. The second-order valence-electron chi connectivity index (χ2n) is 3.96. The lowest BCUT2D eigenvalue weighted by molar-refractivity contribution is 0.296. The number of rotatable bonds is 3. The van der Waals surface area contributed by atoms with E-state index in [0.717, 1.165) is 23.7 Å². The second kappa shape index (κ2) is 3.15. The molecule has 0 aliphatic heterocycles. The molecule has 1 aromatic carbocycles. The van der Waals surface area contributed by atoms with Crippen LogP contribution in [-0.2, 0) is 0 Å². The summed E-state index contributed by atoms with van der Waals surface area (Å²) in [5, 5.41) is 4.54. The molecule has 1 aliphatic carbocycles. The highest BCUT2D eigenvalue weighted by atomic mass is 16.5. The number of para-hydroxylation sites is 1. The largest absolute Gasteiger partial charge is 0.489 e. The number of nitrogens with two attached hydrogens (primary N) is 1. The van der Waals surface area contributed by atoms with Crippen LogP contribution in [0.2, 0.25) is 0 Å². The molecule has 4 heteroatoms. The Morgan fingerprint density at radius 2 is 2.33 bits per heavy atom. The number of anilines is 1. The van der Waals surface area contributed by atoms with Gasteiger partial charge in [-0.25, -0.2) is 0 Å². The number of fused-ring (bicyclic) bond motifs is 1. The average molecular weight is 204 g/mol. The third-order valence-electron chi connectivity index (χ3n) is 2.66. The monoisotopic (exact) mass is 204 g/mol. The molecule has 15 heavy (non-hydrogen) atoms. The first-order valence-electron chi connectivity index (χ1n) is 5.11. The van der Waals surface area contributed by atoms with Crippen LogP contribution in [0.15, 0.2) is 22.7 Å². The number of hydrogen-bond acceptors (Lipinski definition) is 4. The molecule has 1 fully saturated rings. The van der Waals surface area contributed by atoms with Crippen LogP contribution in [0.5, 0.6) is 5.75 Å². The number of benzene rings is 1. The van der Waals surface area contributed by atoms with Crippen LogP contribution in [0.3, 0.4) is 0 Å². The van der Waals surface area contributed by atoms with Crippen molar-refractivity contribution in [2.45, 2.75) is 12.8 Å². The van der Waals surface area contributed by atoms with Crippen molar-refractivity contribution in [2.75, 3.05) is 12.3 Å². The van der Waals surface area contributed by atoms with E-state index in [1.165, 1.54) is 12.8 Å². The SMILES string of the molecule is Nc1noc2c(OCC3CC3)cccc12. The third-order valence-corrected chi connectivity index (χ3v) is 2.66. The third kappa shape index (κ3) is 1.52. The maximum Gasteiger partial charge on any atom is 0.210 e. The molecule has 0 unspecified atom stereocenters. The summed E-state index contributed by atoms with van der Waals surface area (Å²) < 4.78 is 10.8. The minimum atomic E-state index is 0.418. The number of nitrogens with zero attached hydrogens (tertiary/aromatic N) is 1. The van der Waals surface area contributed by atoms with Crippen molar-refractivity contribution in [3.8, 4) is 5.75 Å². The van der Waals surface area contributed by atoms with Gasteiger partial charge in [-0.15, -0.1) is 0 Å². The Kier molecular flexibility index (Phi) is 1.80. The van der Waals surface area contributed by atoms with Crippen LogP contribution < -0.4 is 10.5 Å². The van der Waals surface area contributed by atoms with Gasteiger partial charge in [-0.1, -0.05) is 11.2 Å². The summed E-state index contributed by atoms with van der Waals surface area (Å²) in [4.78, 5) is 0. The van der Waals surface area contributed by atoms with Crippen molar-refractivity contribution >= 4 is 16.8 Å². The minimum Gasteiger partial charge on any atom is -0.489 e. The maximum atomic E-state index is 5.67. The first-order valence-corrected chi connectivity index (χ1v) is 5.11. The molecule has 0 radical (unpaired) electrons. The summed E-state index contributed by atoms with van der Waals surface area (Å²) in [6, 6.07) is 5.67. The smallest absolute Gasteiger partial charge is 0.210 e. The zero-order valence-electron chi connectivity index (χ0n) is 8.27. The Labute approximate surface area is 87.0 Å². The van der Waals surface area contributed by atoms with Crippen LogP contribution in [0.1, 0.15) is 12.8 Å². The van der Waals surface area contributed by atoms with E-state index in [4.69, 9.17) is 15.0 Å².